The van der Waals surface area contributed by atoms with E-state index in [1.165, 1.54) is 6.33 Å². The molecule has 5 nitrogen and oxygen atoms in total. The molecule has 1 aromatic heterocycles. The number of halogens is 1. The molecule has 0 unspecified atom stereocenters. The van der Waals surface area contributed by atoms with Gasteiger partial charge in [0.25, 0.3) is 5.56 Å². The number of nitrogens with zero attached hydrogens (tertiary/aromatic N) is 2. The predicted molar refractivity (Wildman–Crippen MR) is 57.7 cm³/mol. The molecule has 0 spiro atoms. The SMILES string of the molecule is COCCN(C)c1nc[nH]c(=O)c1Br. The first kappa shape index (κ1) is 11.2. The Bertz CT molecular complexity index is 353. The molecule has 0 aliphatic rings. The van der Waals surface area contributed by atoms with Crippen molar-refractivity contribution in [1.82, 2.24) is 9.97 Å². The number of likely N-dealkylation sites (N-methyl/N-ethyl adjacent to an activating group) is 1. The second-order valence-electron chi connectivity index (χ2n) is 2.78. The first-order valence-corrected chi connectivity index (χ1v) is 4.89. The van der Waals surface area contributed by atoms with E-state index in [9.17, 15) is 4.79 Å². The Hall–Kier alpha value is -0.880. The third-order valence-corrected chi connectivity index (χ3v) is 2.49. The van der Waals surface area contributed by atoms with Crippen molar-refractivity contribution < 1.29 is 4.74 Å². The molecule has 0 radical (unpaired) electrons. The molecule has 0 saturated heterocycles. The highest BCUT2D eigenvalue weighted by Gasteiger charge is 2.09. The number of aromatic amines is 1. The summed E-state index contributed by atoms with van der Waals surface area (Å²) in [5.41, 5.74) is -0.181. The van der Waals surface area contributed by atoms with E-state index in [0.29, 0.717) is 23.4 Å². The molecule has 1 heterocycles. The van der Waals surface area contributed by atoms with Crippen LogP contribution in [0.15, 0.2) is 15.6 Å². The van der Waals surface area contributed by atoms with Gasteiger partial charge in [0.1, 0.15) is 10.3 Å². The summed E-state index contributed by atoms with van der Waals surface area (Å²) in [4.78, 5) is 19.6. The van der Waals surface area contributed by atoms with Crippen molar-refractivity contribution in [3.63, 3.8) is 0 Å². The number of methoxy groups -OCH3 is 1. The van der Waals surface area contributed by atoms with Crippen molar-refractivity contribution in [3.8, 4) is 0 Å². The quantitative estimate of drug-likeness (QED) is 0.864. The van der Waals surface area contributed by atoms with Gasteiger partial charge < -0.3 is 14.6 Å². The zero-order valence-corrected chi connectivity index (χ0v) is 9.67. The minimum Gasteiger partial charge on any atom is -0.383 e. The van der Waals surface area contributed by atoms with E-state index in [0.717, 1.165) is 0 Å². The van der Waals surface area contributed by atoms with Gasteiger partial charge in [-0.05, 0) is 15.9 Å². The number of ether oxygens (including phenoxy) is 1. The zero-order valence-electron chi connectivity index (χ0n) is 8.08. The molecule has 14 heavy (non-hydrogen) atoms. The lowest BCUT2D eigenvalue weighted by Crippen LogP contribution is -2.25. The number of hydrogen-bond donors (Lipinski definition) is 1. The molecule has 6 heteroatoms. The van der Waals surface area contributed by atoms with Gasteiger partial charge in [0.2, 0.25) is 0 Å². The van der Waals surface area contributed by atoms with E-state index in [2.05, 4.69) is 25.9 Å². The largest absolute Gasteiger partial charge is 0.383 e. The Morgan fingerprint density at radius 3 is 3.07 bits per heavy atom. The van der Waals surface area contributed by atoms with Crippen molar-refractivity contribution in [2.75, 3.05) is 32.2 Å². The highest BCUT2D eigenvalue weighted by atomic mass is 79.9. The Morgan fingerprint density at radius 1 is 1.71 bits per heavy atom. The van der Waals surface area contributed by atoms with Gasteiger partial charge in [-0.3, -0.25) is 4.79 Å². The number of anilines is 1. The first-order valence-electron chi connectivity index (χ1n) is 4.10. The Morgan fingerprint density at radius 2 is 2.43 bits per heavy atom. The Labute approximate surface area is 90.2 Å². The fraction of sp³-hybridized carbons (Fsp3) is 0.500. The molecule has 0 amide bonds. The summed E-state index contributed by atoms with van der Waals surface area (Å²) in [5, 5.41) is 0. The van der Waals surface area contributed by atoms with Crippen molar-refractivity contribution in [2.24, 2.45) is 0 Å². The predicted octanol–water partition coefficient (Wildman–Crippen LogP) is 0.615. The van der Waals surface area contributed by atoms with Crippen molar-refractivity contribution in [2.45, 2.75) is 0 Å². The number of H-pyrrole nitrogens is 1. The molecule has 0 aromatic carbocycles. The lowest BCUT2D eigenvalue weighted by molar-refractivity contribution is 0.206. The topological polar surface area (TPSA) is 58.2 Å². The second-order valence-corrected chi connectivity index (χ2v) is 3.58. The summed E-state index contributed by atoms with van der Waals surface area (Å²) < 4.78 is 5.38. The average molecular weight is 262 g/mol. The summed E-state index contributed by atoms with van der Waals surface area (Å²) in [7, 11) is 3.49. The monoisotopic (exact) mass is 261 g/mol. The summed E-state index contributed by atoms with van der Waals surface area (Å²) in [6, 6.07) is 0. The van der Waals surface area contributed by atoms with Gasteiger partial charge in [-0.25, -0.2) is 4.98 Å². The van der Waals surface area contributed by atoms with Gasteiger partial charge in [0.15, 0.2) is 0 Å². The van der Waals surface area contributed by atoms with Crippen LogP contribution in [0.1, 0.15) is 0 Å². The molecule has 1 aromatic rings. The van der Waals surface area contributed by atoms with E-state index in [1.54, 1.807) is 7.11 Å². The van der Waals surface area contributed by atoms with Crippen molar-refractivity contribution in [1.29, 1.82) is 0 Å². The second kappa shape index (κ2) is 5.11. The van der Waals surface area contributed by atoms with Crippen LogP contribution in [-0.2, 0) is 4.74 Å². The summed E-state index contributed by atoms with van der Waals surface area (Å²) in [5.74, 6) is 0.616. The maximum absolute atomic E-state index is 11.2. The van der Waals surface area contributed by atoms with Crippen LogP contribution in [0.25, 0.3) is 0 Å². The average Bonchev–Trinajstić information content (AvgIpc) is 2.18. The van der Waals surface area contributed by atoms with Crippen LogP contribution in [-0.4, -0.2) is 37.3 Å². The molecule has 1 N–H and O–H groups in total. The molecule has 1 rings (SSSR count). The fourth-order valence-electron chi connectivity index (χ4n) is 0.974. The van der Waals surface area contributed by atoms with Crippen LogP contribution >= 0.6 is 15.9 Å². The van der Waals surface area contributed by atoms with Gasteiger partial charge in [-0.1, -0.05) is 0 Å². The van der Waals surface area contributed by atoms with Crippen molar-refractivity contribution in [3.05, 3.63) is 21.2 Å². The third kappa shape index (κ3) is 2.55. The fourth-order valence-corrected chi connectivity index (χ4v) is 1.49. The van der Waals surface area contributed by atoms with Crippen LogP contribution in [0, 0.1) is 0 Å². The Balaban J connectivity index is 2.84. The highest BCUT2D eigenvalue weighted by molar-refractivity contribution is 9.10. The lowest BCUT2D eigenvalue weighted by atomic mass is 10.5. The number of aromatic nitrogens is 2. The van der Waals surface area contributed by atoms with Crippen LogP contribution in [0.3, 0.4) is 0 Å². The molecule has 0 saturated carbocycles. The van der Waals surface area contributed by atoms with E-state index < -0.39 is 0 Å². The molecule has 0 aliphatic carbocycles. The van der Waals surface area contributed by atoms with E-state index in [4.69, 9.17) is 4.74 Å². The third-order valence-electron chi connectivity index (χ3n) is 1.77. The number of hydrogen-bond acceptors (Lipinski definition) is 4. The minimum atomic E-state index is -0.181. The molecular weight excluding hydrogens is 250 g/mol. The van der Waals surface area contributed by atoms with Crippen LogP contribution < -0.4 is 10.5 Å². The number of nitrogens with one attached hydrogen (secondary N) is 1. The maximum Gasteiger partial charge on any atom is 0.267 e. The molecule has 0 aliphatic heterocycles. The zero-order chi connectivity index (χ0) is 10.6. The van der Waals surface area contributed by atoms with Gasteiger partial charge in [0, 0.05) is 20.7 Å². The summed E-state index contributed by atoms with van der Waals surface area (Å²) in [6.07, 6.45) is 1.38. The number of rotatable bonds is 4. The van der Waals surface area contributed by atoms with E-state index in [1.807, 2.05) is 11.9 Å². The van der Waals surface area contributed by atoms with Crippen molar-refractivity contribution >= 4 is 21.7 Å². The first-order chi connectivity index (χ1) is 6.66. The Kier molecular flexibility index (Phi) is 4.09. The van der Waals surface area contributed by atoms with Gasteiger partial charge in [-0.15, -0.1) is 0 Å². The molecule has 78 valence electrons. The molecule has 0 bridgehead atoms. The molecular formula is C8H12BrN3O2. The normalized spacial score (nSPS) is 10.2. The smallest absolute Gasteiger partial charge is 0.267 e. The summed E-state index contributed by atoms with van der Waals surface area (Å²) in [6.45, 7) is 1.28. The van der Waals surface area contributed by atoms with Crippen LogP contribution in [0.2, 0.25) is 0 Å². The maximum atomic E-state index is 11.2. The van der Waals surface area contributed by atoms with Gasteiger partial charge in [0.05, 0.1) is 12.9 Å². The van der Waals surface area contributed by atoms with Crippen LogP contribution in [0.4, 0.5) is 5.82 Å². The van der Waals surface area contributed by atoms with Gasteiger partial charge in [-0.2, -0.15) is 0 Å². The standard InChI is InChI=1S/C8H12BrN3O2/c1-12(3-4-14-2)7-6(9)8(13)11-5-10-7/h5H,3-4H2,1-2H3,(H,10,11,13). The van der Waals surface area contributed by atoms with E-state index in [-0.39, 0.29) is 5.56 Å². The minimum absolute atomic E-state index is 0.181. The summed E-state index contributed by atoms with van der Waals surface area (Å²) >= 11 is 3.18. The highest BCUT2D eigenvalue weighted by Crippen LogP contribution is 2.16. The molecule has 0 fully saturated rings. The van der Waals surface area contributed by atoms with Gasteiger partial charge >= 0.3 is 0 Å². The molecule has 0 atom stereocenters. The van der Waals surface area contributed by atoms with Crippen LogP contribution in [0.5, 0.6) is 0 Å². The lowest BCUT2D eigenvalue weighted by Gasteiger charge is -2.17. The van der Waals surface area contributed by atoms with E-state index >= 15 is 0 Å².